The lowest BCUT2D eigenvalue weighted by atomic mass is 10.4. The van der Waals surface area contributed by atoms with Crippen LogP contribution in [-0.2, 0) is 0 Å². The molecule has 1 rings (SSSR count). The van der Waals surface area contributed by atoms with Crippen LogP contribution in [0.1, 0.15) is 17.5 Å². The third-order valence-electron chi connectivity index (χ3n) is 1.98. The summed E-state index contributed by atoms with van der Waals surface area (Å²) in [7, 11) is 0. The Hall–Kier alpha value is -1.51. The standard InChI is InChI=1S/C12H18N4O2.HI/c1-9(2)8-16-12(13)15-6-5-14-11(17)10-4-3-7-18-10;/h3-4,7H,1,5-6,8H2,2H3,(H,14,17)(H3,13,15,16);1H. The van der Waals surface area contributed by atoms with Crippen LogP contribution in [0.15, 0.2) is 40.0 Å². The third-order valence-corrected chi connectivity index (χ3v) is 1.98. The SMILES string of the molecule is C=C(C)CN=C(N)NCCNC(=O)c1ccco1.I. The summed E-state index contributed by atoms with van der Waals surface area (Å²) in [6.45, 7) is 7.02. The molecule has 0 aliphatic heterocycles. The molecule has 1 aromatic rings. The second-order valence-corrected chi connectivity index (χ2v) is 3.82. The van der Waals surface area contributed by atoms with Crippen LogP contribution in [0.4, 0.5) is 0 Å². The number of nitrogens with one attached hydrogen (secondary N) is 2. The lowest BCUT2D eigenvalue weighted by molar-refractivity contribution is 0.0926. The summed E-state index contributed by atoms with van der Waals surface area (Å²) in [4.78, 5) is 15.5. The van der Waals surface area contributed by atoms with E-state index < -0.39 is 0 Å². The van der Waals surface area contributed by atoms with E-state index in [9.17, 15) is 4.79 Å². The van der Waals surface area contributed by atoms with E-state index in [1.807, 2.05) is 6.92 Å². The summed E-state index contributed by atoms with van der Waals surface area (Å²) < 4.78 is 4.95. The number of nitrogens with two attached hydrogens (primary N) is 1. The maximum Gasteiger partial charge on any atom is 0.287 e. The van der Waals surface area contributed by atoms with Crippen molar-refractivity contribution in [2.24, 2.45) is 10.7 Å². The third kappa shape index (κ3) is 7.50. The van der Waals surface area contributed by atoms with Gasteiger partial charge in [-0.3, -0.25) is 4.79 Å². The van der Waals surface area contributed by atoms with Crippen LogP contribution >= 0.6 is 24.0 Å². The Morgan fingerprint density at radius 2 is 2.16 bits per heavy atom. The van der Waals surface area contributed by atoms with E-state index >= 15 is 0 Å². The Balaban J connectivity index is 0.00000324. The van der Waals surface area contributed by atoms with Crippen LogP contribution in [0, 0.1) is 0 Å². The van der Waals surface area contributed by atoms with Crippen molar-refractivity contribution in [2.75, 3.05) is 19.6 Å². The molecule has 1 heterocycles. The molecule has 0 saturated carbocycles. The first-order valence-corrected chi connectivity index (χ1v) is 5.59. The first-order valence-electron chi connectivity index (χ1n) is 5.59. The van der Waals surface area contributed by atoms with Gasteiger partial charge in [-0.05, 0) is 19.1 Å². The number of amides is 1. The van der Waals surface area contributed by atoms with Crippen LogP contribution in [0.25, 0.3) is 0 Å². The van der Waals surface area contributed by atoms with Gasteiger partial charge < -0.3 is 20.8 Å². The molecule has 106 valence electrons. The zero-order chi connectivity index (χ0) is 13.4. The Bertz CT molecular complexity index is 429. The fourth-order valence-corrected chi connectivity index (χ4v) is 1.14. The average molecular weight is 378 g/mol. The minimum Gasteiger partial charge on any atom is -0.459 e. The summed E-state index contributed by atoms with van der Waals surface area (Å²) in [6, 6.07) is 3.26. The van der Waals surface area contributed by atoms with Gasteiger partial charge in [-0.2, -0.15) is 0 Å². The molecule has 0 aromatic carbocycles. The summed E-state index contributed by atoms with van der Waals surface area (Å²) in [5.74, 6) is 0.378. The molecule has 0 aliphatic carbocycles. The normalized spacial score (nSPS) is 10.5. The molecule has 0 saturated heterocycles. The largest absolute Gasteiger partial charge is 0.459 e. The molecule has 7 heteroatoms. The predicted molar refractivity (Wildman–Crippen MR) is 85.8 cm³/mol. The van der Waals surface area contributed by atoms with E-state index in [0.717, 1.165) is 5.57 Å². The van der Waals surface area contributed by atoms with Crippen molar-refractivity contribution in [3.05, 3.63) is 36.3 Å². The molecule has 0 radical (unpaired) electrons. The summed E-state index contributed by atoms with van der Waals surface area (Å²) in [5, 5.41) is 5.56. The molecule has 0 aliphatic rings. The molecule has 19 heavy (non-hydrogen) atoms. The van der Waals surface area contributed by atoms with Crippen molar-refractivity contribution in [3.63, 3.8) is 0 Å². The van der Waals surface area contributed by atoms with Gasteiger partial charge in [0, 0.05) is 13.1 Å². The molecule has 0 atom stereocenters. The van der Waals surface area contributed by atoms with Crippen molar-refractivity contribution >= 4 is 35.8 Å². The number of rotatable bonds is 6. The number of carbonyl (C=O) groups excluding carboxylic acids is 1. The Kier molecular flexibility index (Phi) is 8.68. The van der Waals surface area contributed by atoms with Crippen molar-refractivity contribution < 1.29 is 9.21 Å². The van der Waals surface area contributed by atoms with Crippen LogP contribution < -0.4 is 16.4 Å². The highest BCUT2D eigenvalue weighted by Gasteiger charge is 2.06. The van der Waals surface area contributed by atoms with Gasteiger partial charge in [-0.15, -0.1) is 24.0 Å². The molecule has 0 fully saturated rings. The molecular weight excluding hydrogens is 359 g/mol. The van der Waals surface area contributed by atoms with Gasteiger partial charge in [0.05, 0.1) is 12.8 Å². The van der Waals surface area contributed by atoms with E-state index in [0.29, 0.717) is 31.4 Å². The van der Waals surface area contributed by atoms with Crippen LogP contribution in [0.2, 0.25) is 0 Å². The van der Waals surface area contributed by atoms with Gasteiger partial charge in [0.25, 0.3) is 5.91 Å². The van der Waals surface area contributed by atoms with Crippen LogP contribution in [0.3, 0.4) is 0 Å². The fourth-order valence-electron chi connectivity index (χ4n) is 1.14. The smallest absolute Gasteiger partial charge is 0.287 e. The Morgan fingerprint density at radius 1 is 1.47 bits per heavy atom. The van der Waals surface area contributed by atoms with E-state index in [1.165, 1.54) is 6.26 Å². The van der Waals surface area contributed by atoms with Gasteiger partial charge >= 0.3 is 0 Å². The number of hydrogen-bond donors (Lipinski definition) is 3. The molecule has 1 aromatic heterocycles. The number of nitrogens with zero attached hydrogens (tertiary/aromatic N) is 1. The van der Waals surface area contributed by atoms with Crippen molar-refractivity contribution in [2.45, 2.75) is 6.92 Å². The highest BCUT2D eigenvalue weighted by atomic mass is 127. The topological polar surface area (TPSA) is 92.6 Å². The fraction of sp³-hybridized carbons (Fsp3) is 0.333. The van der Waals surface area contributed by atoms with E-state index in [4.69, 9.17) is 10.2 Å². The maximum atomic E-state index is 11.5. The molecule has 0 unspecified atom stereocenters. The molecule has 0 spiro atoms. The second-order valence-electron chi connectivity index (χ2n) is 3.82. The quantitative estimate of drug-likeness (QED) is 0.227. The summed E-state index contributed by atoms with van der Waals surface area (Å²) in [5.41, 5.74) is 6.54. The number of guanidine groups is 1. The van der Waals surface area contributed by atoms with E-state index in [2.05, 4.69) is 22.2 Å². The summed E-state index contributed by atoms with van der Waals surface area (Å²) >= 11 is 0. The lowest BCUT2D eigenvalue weighted by Crippen LogP contribution is -2.38. The first kappa shape index (κ1) is 17.5. The minimum atomic E-state index is -0.251. The van der Waals surface area contributed by atoms with Crippen molar-refractivity contribution in [1.29, 1.82) is 0 Å². The molecule has 4 N–H and O–H groups in total. The highest BCUT2D eigenvalue weighted by molar-refractivity contribution is 14.0. The van der Waals surface area contributed by atoms with Crippen molar-refractivity contribution in [3.8, 4) is 0 Å². The predicted octanol–water partition coefficient (Wildman–Crippen LogP) is 1.11. The second kappa shape index (κ2) is 9.42. The lowest BCUT2D eigenvalue weighted by Gasteiger charge is -2.06. The maximum absolute atomic E-state index is 11.5. The van der Waals surface area contributed by atoms with Gasteiger partial charge in [0.15, 0.2) is 11.7 Å². The number of carbonyl (C=O) groups is 1. The molecular formula is C12H19IN4O2. The van der Waals surface area contributed by atoms with Gasteiger partial charge in [0.1, 0.15) is 0 Å². The molecule has 0 bridgehead atoms. The Morgan fingerprint density at radius 3 is 2.74 bits per heavy atom. The molecule has 1 amide bonds. The summed E-state index contributed by atoms with van der Waals surface area (Å²) in [6.07, 6.45) is 1.45. The Labute approximate surface area is 129 Å². The van der Waals surface area contributed by atoms with E-state index in [-0.39, 0.29) is 29.9 Å². The van der Waals surface area contributed by atoms with E-state index in [1.54, 1.807) is 12.1 Å². The van der Waals surface area contributed by atoms with Gasteiger partial charge in [0.2, 0.25) is 0 Å². The highest BCUT2D eigenvalue weighted by Crippen LogP contribution is 1.98. The van der Waals surface area contributed by atoms with Crippen LogP contribution in [0.5, 0.6) is 0 Å². The van der Waals surface area contributed by atoms with Crippen LogP contribution in [-0.4, -0.2) is 31.5 Å². The average Bonchev–Trinajstić information content (AvgIpc) is 2.85. The number of furan rings is 1. The number of hydrogen-bond acceptors (Lipinski definition) is 3. The molecule has 6 nitrogen and oxygen atoms in total. The van der Waals surface area contributed by atoms with Crippen molar-refractivity contribution in [1.82, 2.24) is 10.6 Å². The van der Waals surface area contributed by atoms with Gasteiger partial charge in [-0.1, -0.05) is 12.2 Å². The number of aliphatic imine (C=N–C) groups is 1. The minimum absolute atomic E-state index is 0. The zero-order valence-corrected chi connectivity index (χ0v) is 13.1. The van der Waals surface area contributed by atoms with Gasteiger partial charge in [-0.25, -0.2) is 4.99 Å². The zero-order valence-electron chi connectivity index (χ0n) is 10.8. The monoisotopic (exact) mass is 378 g/mol. The first-order chi connectivity index (χ1) is 8.59. The number of halogens is 1.